The first-order chi connectivity index (χ1) is 9.25. The summed E-state index contributed by atoms with van der Waals surface area (Å²) >= 11 is 0. The summed E-state index contributed by atoms with van der Waals surface area (Å²) in [5.74, 6) is 0.737. The van der Waals surface area contributed by atoms with E-state index in [1.807, 2.05) is 16.9 Å². The molecule has 0 spiro atoms. The summed E-state index contributed by atoms with van der Waals surface area (Å²) in [7, 11) is 0. The molecule has 1 saturated heterocycles. The molecule has 1 fully saturated rings. The molecule has 108 valence electrons. The van der Waals surface area contributed by atoms with Gasteiger partial charge in [-0.3, -0.25) is 9.58 Å². The Morgan fingerprint density at radius 3 is 2.95 bits per heavy atom. The van der Waals surface area contributed by atoms with Crippen molar-refractivity contribution >= 4 is 0 Å². The largest absolute Gasteiger partial charge is 0.315 e. The summed E-state index contributed by atoms with van der Waals surface area (Å²) in [6, 6.07) is 2.71. The van der Waals surface area contributed by atoms with Gasteiger partial charge in [0.2, 0.25) is 0 Å². The highest BCUT2D eigenvalue weighted by molar-refractivity contribution is 4.81. The van der Waals surface area contributed by atoms with E-state index in [1.165, 1.54) is 25.8 Å². The van der Waals surface area contributed by atoms with Crippen LogP contribution in [0.1, 0.15) is 33.1 Å². The quantitative estimate of drug-likeness (QED) is 0.817. The van der Waals surface area contributed by atoms with Gasteiger partial charge in [-0.2, -0.15) is 5.10 Å². The second-order valence-electron chi connectivity index (χ2n) is 6.01. The lowest BCUT2D eigenvalue weighted by Crippen LogP contribution is -2.47. The van der Waals surface area contributed by atoms with E-state index >= 15 is 0 Å². The third kappa shape index (κ3) is 4.96. The summed E-state index contributed by atoms with van der Waals surface area (Å²) in [6.45, 7) is 10.2. The number of nitrogens with one attached hydrogen (secondary N) is 1. The number of aromatic nitrogens is 2. The fraction of sp³-hybridized carbons (Fsp3) is 0.800. The van der Waals surface area contributed by atoms with Gasteiger partial charge >= 0.3 is 0 Å². The summed E-state index contributed by atoms with van der Waals surface area (Å²) < 4.78 is 2.03. The molecule has 4 nitrogen and oxygen atoms in total. The number of piperidine rings is 1. The number of hydrogen-bond acceptors (Lipinski definition) is 3. The first-order valence-electron chi connectivity index (χ1n) is 7.68. The predicted molar refractivity (Wildman–Crippen MR) is 79.1 cm³/mol. The van der Waals surface area contributed by atoms with Crippen LogP contribution >= 0.6 is 0 Å². The van der Waals surface area contributed by atoms with Crippen LogP contribution in [-0.2, 0) is 6.54 Å². The molecule has 1 aromatic rings. The molecule has 4 heteroatoms. The predicted octanol–water partition coefficient (Wildman–Crippen LogP) is 1.98. The molecule has 1 aliphatic heterocycles. The molecule has 1 aromatic heterocycles. The van der Waals surface area contributed by atoms with Crippen LogP contribution in [0.5, 0.6) is 0 Å². The molecule has 0 aliphatic carbocycles. The van der Waals surface area contributed by atoms with E-state index in [9.17, 15) is 0 Å². The van der Waals surface area contributed by atoms with Gasteiger partial charge in [0.15, 0.2) is 0 Å². The van der Waals surface area contributed by atoms with Crippen molar-refractivity contribution < 1.29 is 0 Å². The molecule has 0 radical (unpaired) electrons. The van der Waals surface area contributed by atoms with Crippen LogP contribution in [0.25, 0.3) is 0 Å². The maximum absolute atomic E-state index is 4.29. The first kappa shape index (κ1) is 14.5. The van der Waals surface area contributed by atoms with Gasteiger partial charge in [0, 0.05) is 31.5 Å². The zero-order valence-corrected chi connectivity index (χ0v) is 12.4. The molecule has 1 aliphatic rings. The lowest BCUT2D eigenvalue weighted by Gasteiger charge is -2.36. The highest BCUT2D eigenvalue weighted by Crippen LogP contribution is 2.16. The normalized spacial score (nSPS) is 21.1. The molecule has 1 N–H and O–H groups in total. The molecule has 2 heterocycles. The number of hydrogen-bond donors (Lipinski definition) is 1. The van der Waals surface area contributed by atoms with Gasteiger partial charge in [0.25, 0.3) is 0 Å². The molecule has 0 saturated carbocycles. The third-order valence-electron chi connectivity index (χ3n) is 3.86. The van der Waals surface area contributed by atoms with Gasteiger partial charge in [0.1, 0.15) is 0 Å². The standard InChI is InChI=1S/C15H28N4/c1-14(2)12-16-13-15-6-3-4-8-18(15)10-11-19-9-5-7-17-19/h5,7,9,14-16H,3-4,6,8,10-13H2,1-2H3. The Bertz CT molecular complexity index is 334. The number of nitrogens with zero attached hydrogens (tertiary/aromatic N) is 3. The van der Waals surface area contributed by atoms with Crippen LogP contribution in [-0.4, -0.2) is 46.9 Å². The molecule has 0 amide bonds. The van der Waals surface area contributed by atoms with Gasteiger partial charge in [-0.1, -0.05) is 20.3 Å². The molecular formula is C15H28N4. The Hall–Kier alpha value is -0.870. The van der Waals surface area contributed by atoms with Crippen molar-refractivity contribution in [2.45, 2.75) is 45.7 Å². The SMILES string of the molecule is CC(C)CNCC1CCCCN1CCn1cccn1. The number of rotatable bonds is 7. The Labute approximate surface area is 117 Å². The highest BCUT2D eigenvalue weighted by atomic mass is 15.3. The smallest absolute Gasteiger partial charge is 0.0536 e. The van der Waals surface area contributed by atoms with E-state index < -0.39 is 0 Å². The maximum Gasteiger partial charge on any atom is 0.0536 e. The van der Waals surface area contributed by atoms with Gasteiger partial charge < -0.3 is 5.32 Å². The van der Waals surface area contributed by atoms with Gasteiger partial charge in [-0.15, -0.1) is 0 Å². The molecule has 1 unspecified atom stereocenters. The van der Waals surface area contributed by atoms with Crippen molar-refractivity contribution in [3.8, 4) is 0 Å². The molecule has 19 heavy (non-hydrogen) atoms. The first-order valence-corrected chi connectivity index (χ1v) is 7.68. The summed E-state index contributed by atoms with van der Waals surface area (Å²) in [5, 5.41) is 7.90. The molecule has 2 rings (SSSR count). The van der Waals surface area contributed by atoms with E-state index in [1.54, 1.807) is 0 Å². The molecular weight excluding hydrogens is 236 g/mol. The van der Waals surface area contributed by atoms with Crippen LogP contribution < -0.4 is 5.32 Å². The third-order valence-corrected chi connectivity index (χ3v) is 3.86. The second kappa shape index (κ2) is 7.65. The Morgan fingerprint density at radius 1 is 1.32 bits per heavy atom. The average molecular weight is 264 g/mol. The van der Waals surface area contributed by atoms with Crippen LogP contribution in [0.2, 0.25) is 0 Å². The minimum atomic E-state index is 0.711. The van der Waals surface area contributed by atoms with Crippen molar-refractivity contribution in [3.05, 3.63) is 18.5 Å². The van der Waals surface area contributed by atoms with E-state index in [-0.39, 0.29) is 0 Å². The minimum absolute atomic E-state index is 0.711. The fourth-order valence-corrected chi connectivity index (χ4v) is 2.79. The zero-order valence-electron chi connectivity index (χ0n) is 12.4. The van der Waals surface area contributed by atoms with Gasteiger partial charge in [-0.25, -0.2) is 0 Å². The lowest BCUT2D eigenvalue weighted by atomic mass is 10.0. The van der Waals surface area contributed by atoms with Crippen LogP contribution in [0.15, 0.2) is 18.5 Å². The lowest BCUT2D eigenvalue weighted by molar-refractivity contribution is 0.138. The Balaban J connectivity index is 1.75. The minimum Gasteiger partial charge on any atom is -0.315 e. The van der Waals surface area contributed by atoms with Crippen molar-refractivity contribution in [1.29, 1.82) is 0 Å². The summed E-state index contributed by atoms with van der Waals surface area (Å²) in [4.78, 5) is 2.64. The fourth-order valence-electron chi connectivity index (χ4n) is 2.79. The Kier molecular flexibility index (Phi) is 5.86. The van der Waals surface area contributed by atoms with Crippen molar-refractivity contribution in [2.24, 2.45) is 5.92 Å². The van der Waals surface area contributed by atoms with E-state index in [0.29, 0.717) is 6.04 Å². The topological polar surface area (TPSA) is 33.1 Å². The molecule has 0 aromatic carbocycles. The summed E-state index contributed by atoms with van der Waals surface area (Å²) in [5.41, 5.74) is 0. The van der Waals surface area contributed by atoms with E-state index in [4.69, 9.17) is 0 Å². The van der Waals surface area contributed by atoms with E-state index in [2.05, 4.69) is 35.4 Å². The Morgan fingerprint density at radius 2 is 2.21 bits per heavy atom. The molecule has 1 atom stereocenters. The second-order valence-corrected chi connectivity index (χ2v) is 6.01. The zero-order chi connectivity index (χ0) is 13.5. The van der Waals surface area contributed by atoms with Crippen LogP contribution in [0, 0.1) is 5.92 Å². The van der Waals surface area contributed by atoms with Crippen LogP contribution in [0.4, 0.5) is 0 Å². The maximum atomic E-state index is 4.29. The van der Waals surface area contributed by atoms with E-state index in [0.717, 1.165) is 32.1 Å². The van der Waals surface area contributed by atoms with Crippen molar-refractivity contribution in [2.75, 3.05) is 26.2 Å². The average Bonchev–Trinajstić information content (AvgIpc) is 2.90. The summed E-state index contributed by atoms with van der Waals surface area (Å²) in [6.07, 6.45) is 7.98. The van der Waals surface area contributed by atoms with Crippen LogP contribution in [0.3, 0.4) is 0 Å². The van der Waals surface area contributed by atoms with Gasteiger partial charge in [-0.05, 0) is 37.9 Å². The number of likely N-dealkylation sites (tertiary alicyclic amines) is 1. The van der Waals surface area contributed by atoms with Crippen molar-refractivity contribution in [1.82, 2.24) is 20.0 Å². The van der Waals surface area contributed by atoms with Gasteiger partial charge in [0.05, 0.1) is 6.54 Å². The molecule has 0 bridgehead atoms. The monoisotopic (exact) mass is 264 g/mol. The highest BCUT2D eigenvalue weighted by Gasteiger charge is 2.21. The van der Waals surface area contributed by atoms with Crippen molar-refractivity contribution in [3.63, 3.8) is 0 Å².